The number of nitrogens with zero attached hydrogens (tertiary/aromatic N) is 3. The molecule has 9 nitrogen and oxygen atoms in total. The highest BCUT2D eigenvalue weighted by molar-refractivity contribution is 5.83. The van der Waals surface area contributed by atoms with Crippen LogP contribution in [0.15, 0.2) is 71.3 Å². The molecule has 0 saturated carbocycles. The summed E-state index contributed by atoms with van der Waals surface area (Å²) in [6.45, 7) is -0.471. The number of rotatable bonds is 7. The molecule has 30 heavy (non-hydrogen) atoms. The van der Waals surface area contributed by atoms with Crippen molar-refractivity contribution >= 4 is 22.4 Å². The average Bonchev–Trinajstić information content (AvgIpc) is 3.25. The van der Waals surface area contributed by atoms with E-state index in [4.69, 9.17) is 14.0 Å². The molecular weight excluding hydrogens is 390 g/mol. The summed E-state index contributed by atoms with van der Waals surface area (Å²) in [7, 11) is 0. The van der Waals surface area contributed by atoms with E-state index in [2.05, 4.69) is 10.1 Å². The van der Waals surface area contributed by atoms with Crippen LogP contribution in [0.2, 0.25) is 0 Å². The van der Waals surface area contributed by atoms with E-state index >= 15 is 0 Å². The van der Waals surface area contributed by atoms with Crippen LogP contribution in [0.4, 0.5) is 5.69 Å². The normalized spacial score (nSPS) is 10.7. The first-order valence-corrected chi connectivity index (χ1v) is 8.93. The summed E-state index contributed by atoms with van der Waals surface area (Å²) in [4.78, 5) is 26.2. The molecule has 0 aliphatic carbocycles. The van der Waals surface area contributed by atoms with E-state index in [1.165, 1.54) is 24.3 Å². The van der Waals surface area contributed by atoms with Gasteiger partial charge in [0.15, 0.2) is 13.2 Å². The van der Waals surface area contributed by atoms with Gasteiger partial charge in [0.2, 0.25) is 5.82 Å². The van der Waals surface area contributed by atoms with Gasteiger partial charge in [0.25, 0.3) is 11.6 Å². The van der Waals surface area contributed by atoms with E-state index in [9.17, 15) is 14.9 Å². The SMILES string of the molecule is O=C(COc1ccc2ccccc2c1)OCc1nc(-c2ccc([N+](=O)[O-])cc2)no1. The number of nitro groups is 1. The molecule has 1 heterocycles. The molecule has 4 aromatic rings. The lowest BCUT2D eigenvalue weighted by Crippen LogP contribution is -2.14. The van der Waals surface area contributed by atoms with Gasteiger partial charge in [0.05, 0.1) is 4.92 Å². The number of benzene rings is 3. The summed E-state index contributed by atoms with van der Waals surface area (Å²) >= 11 is 0. The number of hydrogen-bond donors (Lipinski definition) is 0. The fourth-order valence-electron chi connectivity index (χ4n) is 2.75. The predicted molar refractivity (Wildman–Crippen MR) is 106 cm³/mol. The van der Waals surface area contributed by atoms with E-state index in [1.54, 1.807) is 6.07 Å². The number of carbonyl (C=O) groups is 1. The monoisotopic (exact) mass is 405 g/mol. The van der Waals surface area contributed by atoms with Crippen LogP contribution in [-0.2, 0) is 16.1 Å². The summed E-state index contributed by atoms with van der Waals surface area (Å²) in [6.07, 6.45) is 0. The number of non-ortho nitro benzene ring substituents is 1. The molecule has 0 fully saturated rings. The molecule has 0 aliphatic rings. The first kappa shape index (κ1) is 19.1. The lowest BCUT2D eigenvalue weighted by atomic mass is 10.1. The number of nitro benzene ring substituents is 1. The molecule has 0 bridgehead atoms. The highest BCUT2D eigenvalue weighted by Gasteiger charge is 2.13. The lowest BCUT2D eigenvalue weighted by Gasteiger charge is -2.07. The van der Waals surface area contributed by atoms with Crippen molar-refractivity contribution in [3.05, 3.63) is 82.7 Å². The quantitative estimate of drug-likeness (QED) is 0.258. The third kappa shape index (κ3) is 4.41. The van der Waals surface area contributed by atoms with Crippen molar-refractivity contribution < 1.29 is 23.7 Å². The highest BCUT2D eigenvalue weighted by Crippen LogP contribution is 2.21. The van der Waals surface area contributed by atoms with Gasteiger partial charge < -0.3 is 14.0 Å². The zero-order chi connectivity index (χ0) is 20.9. The Balaban J connectivity index is 1.30. The Morgan fingerprint density at radius 2 is 1.80 bits per heavy atom. The van der Waals surface area contributed by atoms with Gasteiger partial charge in [-0.3, -0.25) is 10.1 Å². The Hall–Kier alpha value is -4.27. The zero-order valence-corrected chi connectivity index (χ0v) is 15.6. The minimum absolute atomic E-state index is 0.0391. The number of hydrogen-bond acceptors (Lipinski definition) is 8. The molecule has 1 aromatic heterocycles. The van der Waals surface area contributed by atoms with Crippen LogP contribution >= 0.6 is 0 Å². The van der Waals surface area contributed by atoms with E-state index in [-0.39, 0.29) is 30.6 Å². The zero-order valence-electron chi connectivity index (χ0n) is 15.6. The van der Waals surface area contributed by atoms with Crippen LogP contribution in [0.3, 0.4) is 0 Å². The molecule has 0 spiro atoms. The summed E-state index contributed by atoms with van der Waals surface area (Å²) < 4.78 is 15.6. The van der Waals surface area contributed by atoms with Gasteiger partial charge >= 0.3 is 5.97 Å². The number of aromatic nitrogens is 2. The molecule has 0 atom stereocenters. The maximum atomic E-state index is 11.9. The first-order valence-electron chi connectivity index (χ1n) is 8.93. The fraction of sp³-hybridized carbons (Fsp3) is 0.0952. The molecule has 4 rings (SSSR count). The van der Waals surface area contributed by atoms with Crippen molar-refractivity contribution in [2.75, 3.05) is 6.61 Å². The van der Waals surface area contributed by atoms with E-state index < -0.39 is 10.9 Å². The molecule has 0 N–H and O–H groups in total. The number of carbonyl (C=O) groups excluding carboxylic acids is 1. The van der Waals surface area contributed by atoms with Crippen molar-refractivity contribution in [2.45, 2.75) is 6.61 Å². The fourth-order valence-corrected chi connectivity index (χ4v) is 2.75. The molecule has 0 unspecified atom stereocenters. The van der Waals surface area contributed by atoms with Gasteiger partial charge in [-0.25, -0.2) is 4.79 Å². The second-order valence-corrected chi connectivity index (χ2v) is 6.27. The standard InChI is InChI=1S/C21H15N3O6/c25-20(13-28-18-10-7-14-3-1-2-4-16(14)11-18)29-12-19-22-21(23-30-19)15-5-8-17(9-6-15)24(26)27/h1-11H,12-13H2. The van der Waals surface area contributed by atoms with Gasteiger partial charge in [-0.2, -0.15) is 4.98 Å². The van der Waals surface area contributed by atoms with Crippen molar-refractivity contribution in [1.29, 1.82) is 0 Å². The third-order valence-electron chi connectivity index (χ3n) is 4.24. The van der Waals surface area contributed by atoms with Crippen LogP contribution in [0, 0.1) is 10.1 Å². The smallest absolute Gasteiger partial charge is 0.344 e. The van der Waals surface area contributed by atoms with E-state index in [0.717, 1.165) is 10.8 Å². The Morgan fingerprint density at radius 3 is 2.57 bits per heavy atom. The van der Waals surface area contributed by atoms with E-state index in [1.807, 2.05) is 36.4 Å². The minimum Gasteiger partial charge on any atom is -0.482 e. The van der Waals surface area contributed by atoms with Gasteiger partial charge in [-0.15, -0.1) is 0 Å². The topological polar surface area (TPSA) is 118 Å². The maximum absolute atomic E-state index is 11.9. The highest BCUT2D eigenvalue weighted by atomic mass is 16.6. The van der Waals surface area contributed by atoms with Crippen LogP contribution in [0.5, 0.6) is 5.75 Å². The number of fused-ring (bicyclic) bond motifs is 1. The Labute approximate surface area is 170 Å². The molecule has 0 radical (unpaired) electrons. The van der Waals surface area contributed by atoms with Crippen molar-refractivity contribution in [3.8, 4) is 17.1 Å². The lowest BCUT2D eigenvalue weighted by molar-refractivity contribution is -0.384. The van der Waals surface area contributed by atoms with E-state index in [0.29, 0.717) is 11.3 Å². The van der Waals surface area contributed by atoms with Crippen molar-refractivity contribution in [3.63, 3.8) is 0 Å². The minimum atomic E-state index is -0.585. The molecular formula is C21H15N3O6. The second kappa shape index (κ2) is 8.39. The van der Waals surface area contributed by atoms with Gasteiger partial charge in [0, 0.05) is 17.7 Å². The van der Waals surface area contributed by atoms with Crippen LogP contribution < -0.4 is 4.74 Å². The summed E-state index contributed by atoms with van der Waals surface area (Å²) in [6, 6.07) is 19.1. The predicted octanol–water partition coefficient (Wildman–Crippen LogP) is 3.92. The van der Waals surface area contributed by atoms with Crippen molar-refractivity contribution in [2.24, 2.45) is 0 Å². The Bertz CT molecular complexity index is 1200. The molecule has 0 aliphatic heterocycles. The average molecular weight is 405 g/mol. The Morgan fingerprint density at radius 1 is 1.03 bits per heavy atom. The number of esters is 1. The third-order valence-corrected chi connectivity index (χ3v) is 4.24. The first-order chi connectivity index (χ1) is 14.6. The molecule has 9 heteroatoms. The van der Waals surface area contributed by atoms with Crippen LogP contribution in [0.1, 0.15) is 5.89 Å². The van der Waals surface area contributed by atoms with Gasteiger partial charge in [0.1, 0.15) is 5.75 Å². The largest absolute Gasteiger partial charge is 0.482 e. The molecule has 0 saturated heterocycles. The molecule has 150 valence electrons. The van der Waals surface area contributed by atoms with Gasteiger partial charge in [-0.1, -0.05) is 35.5 Å². The van der Waals surface area contributed by atoms with Crippen LogP contribution in [0.25, 0.3) is 22.2 Å². The van der Waals surface area contributed by atoms with Crippen LogP contribution in [-0.4, -0.2) is 27.6 Å². The van der Waals surface area contributed by atoms with Gasteiger partial charge in [-0.05, 0) is 35.0 Å². The molecule has 3 aromatic carbocycles. The summed E-state index contributed by atoms with van der Waals surface area (Å²) in [5.74, 6) is 0.313. The summed E-state index contributed by atoms with van der Waals surface area (Å²) in [5, 5.41) is 16.6. The number of ether oxygens (including phenoxy) is 2. The Kier molecular flexibility index (Phi) is 5.33. The molecule has 0 amide bonds. The second-order valence-electron chi connectivity index (χ2n) is 6.27. The van der Waals surface area contributed by atoms with Crippen molar-refractivity contribution in [1.82, 2.24) is 10.1 Å². The maximum Gasteiger partial charge on any atom is 0.344 e. The summed E-state index contributed by atoms with van der Waals surface area (Å²) in [5.41, 5.74) is 0.504.